The van der Waals surface area contributed by atoms with E-state index in [9.17, 15) is 4.79 Å². The molecule has 18 heavy (non-hydrogen) atoms. The molecular formula is C13H21ClN2O2. The number of halogens is 1. The minimum Gasteiger partial charge on any atom is -1.00 e. The third kappa shape index (κ3) is 4.55. The highest BCUT2D eigenvalue weighted by Crippen LogP contribution is 2.24. The molecule has 1 aromatic carbocycles. The van der Waals surface area contributed by atoms with Crippen molar-refractivity contribution in [3.8, 4) is 5.75 Å². The Labute approximate surface area is 116 Å². The summed E-state index contributed by atoms with van der Waals surface area (Å²) in [5.74, 6) is 0.667. The summed E-state index contributed by atoms with van der Waals surface area (Å²) in [6.45, 7) is 2.69. The lowest BCUT2D eigenvalue weighted by Gasteiger charge is -2.17. The van der Waals surface area contributed by atoms with Gasteiger partial charge in [0.15, 0.2) is 0 Å². The number of hydrogen-bond donors (Lipinski definition) is 0. The molecule has 0 aromatic heterocycles. The van der Waals surface area contributed by atoms with E-state index in [-0.39, 0.29) is 19.9 Å². The number of carbonyl (C=O) groups excluding carboxylic acids is 1. The maximum Gasteiger partial charge on any atom is 1.00 e. The summed E-state index contributed by atoms with van der Waals surface area (Å²) < 4.78 is 5.40. The summed E-state index contributed by atoms with van der Waals surface area (Å²) in [7, 11) is 7.32. The van der Waals surface area contributed by atoms with Gasteiger partial charge in [0.05, 0.1) is 0 Å². The van der Waals surface area contributed by atoms with Gasteiger partial charge >= 0.3 is 7.52 Å². The second kappa shape index (κ2) is 7.24. The molecule has 0 radical (unpaired) electrons. The van der Waals surface area contributed by atoms with E-state index in [4.69, 9.17) is 4.74 Å². The van der Waals surface area contributed by atoms with Gasteiger partial charge in [-0.25, -0.2) is 4.79 Å². The van der Waals surface area contributed by atoms with Crippen molar-refractivity contribution in [3.63, 3.8) is 0 Å². The van der Waals surface area contributed by atoms with Gasteiger partial charge in [-0.05, 0) is 26.6 Å². The topological polar surface area (TPSA) is 32.8 Å². The van der Waals surface area contributed by atoms with Crippen molar-refractivity contribution >= 4 is 6.09 Å². The van der Waals surface area contributed by atoms with E-state index in [1.54, 1.807) is 14.1 Å². The van der Waals surface area contributed by atoms with E-state index in [0.29, 0.717) is 5.75 Å². The molecule has 4 nitrogen and oxygen atoms in total. The molecule has 0 aliphatic heterocycles. The average molecular weight is 273 g/mol. The lowest BCUT2D eigenvalue weighted by atomic mass is 10.1. The molecule has 0 aliphatic carbocycles. The van der Waals surface area contributed by atoms with Gasteiger partial charge in [-0.3, -0.25) is 0 Å². The summed E-state index contributed by atoms with van der Waals surface area (Å²) in [5.41, 5.74) is 1.99. The Morgan fingerprint density at radius 3 is 2.39 bits per heavy atom. The van der Waals surface area contributed by atoms with Crippen LogP contribution in [0.2, 0.25) is 0 Å². The number of amides is 1. The number of carbonyl (C=O) groups is 1. The van der Waals surface area contributed by atoms with Crippen LogP contribution in [0.5, 0.6) is 5.75 Å². The highest BCUT2D eigenvalue weighted by Gasteiger charge is 2.13. The Balaban J connectivity index is 0. The van der Waals surface area contributed by atoms with Crippen molar-refractivity contribution in [1.82, 2.24) is 9.80 Å². The van der Waals surface area contributed by atoms with Crippen molar-refractivity contribution < 1.29 is 23.4 Å². The normalized spacial score (nSPS) is 9.89. The molecule has 0 saturated carbocycles. The van der Waals surface area contributed by atoms with Gasteiger partial charge in [-0.15, -0.1) is 0 Å². The predicted molar refractivity (Wildman–Crippen MR) is 69.4 cm³/mol. The predicted octanol–water partition coefficient (Wildman–Crippen LogP) is -0.766. The van der Waals surface area contributed by atoms with Crippen LogP contribution >= 0.6 is 0 Å². The Bertz CT molecular complexity index is 412. The first-order valence-corrected chi connectivity index (χ1v) is 5.54. The highest BCUT2D eigenvalue weighted by atomic mass is 35.5. The number of benzene rings is 1. The maximum absolute atomic E-state index is 11.6. The molecule has 0 spiro atoms. The molecule has 0 atom stereocenters. The zero-order chi connectivity index (χ0) is 13.0. The minimum atomic E-state index is -0.348. The monoisotopic (exact) mass is 272 g/mol. The molecule has 0 N–H and O–H groups in total. The second-order valence-electron chi connectivity index (χ2n) is 4.56. The quantitative estimate of drug-likeness (QED) is 0.725. The molecule has 1 amide bonds. The van der Waals surface area contributed by atoms with Crippen LogP contribution in [0.1, 0.15) is 12.6 Å². The summed E-state index contributed by atoms with van der Waals surface area (Å²) in [4.78, 5) is 15.1. The van der Waals surface area contributed by atoms with Gasteiger partial charge < -0.3 is 26.9 Å². The summed E-state index contributed by atoms with van der Waals surface area (Å²) in [6.07, 6.45) is -0.348. The Hall–Kier alpha value is -1.26. The van der Waals surface area contributed by atoms with E-state index in [1.807, 2.05) is 44.1 Å². The van der Waals surface area contributed by atoms with E-state index in [1.165, 1.54) is 4.90 Å². The molecule has 5 heteroatoms. The third-order valence-corrected chi connectivity index (χ3v) is 2.33. The Morgan fingerprint density at radius 2 is 1.89 bits per heavy atom. The van der Waals surface area contributed by atoms with Gasteiger partial charge in [-0.2, -0.15) is 0 Å². The van der Waals surface area contributed by atoms with Gasteiger partial charge in [-0.1, -0.05) is 18.2 Å². The number of aryl methyl sites for hydroxylation is 1. The molecule has 0 heterocycles. The number of para-hydroxylation sites is 1. The lowest BCUT2D eigenvalue weighted by Crippen LogP contribution is -3.00. The summed E-state index contributed by atoms with van der Waals surface area (Å²) >= 11 is 0. The van der Waals surface area contributed by atoms with Crippen molar-refractivity contribution in [3.05, 3.63) is 29.3 Å². The molecule has 102 valence electrons. The third-order valence-electron chi connectivity index (χ3n) is 2.33. The van der Waals surface area contributed by atoms with Crippen molar-refractivity contribution in [1.29, 1.82) is 0 Å². The molecule has 0 bridgehead atoms. The Kier molecular flexibility index (Phi) is 6.73. The van der Waals surface area contributed by atoms with Gasteiger partial charge in [0, 0.05) is 26.2 Å². The smallest absolute Gasteiger partial charge is 1.00 e. The Morgan fingerprint density at radius 1 is 1.28 bits per heavy atom. The minimum absolute atomic E-state index is 0. The van der Waals surface area contributed by atoms with Crippen LogP contribution in [0.3, 0.4) is 0 Å². The molecular weight excluding hydrogens is 252 g/mol. The molecule has 0 fully saturated rings. The number of hydrogen-bond acceptors (Lipinski definition) is 3. The van der Waals surface area contributed by atoms with Crippen LogP contribution in [0.4, 0.5) is 4.79 Å². The van der Waals surface area contributed by atoms with E-state index >= 15 is 0 Å². The van der Waals surface area contributed by atoms with Gasteiger partial charge in [0.1, 0.15) is 5.75 Å². The lowest BCUT2D eigenvalue weighted by molar-refractivity contribution is -0.00000867. The van der Waals surface area contributed by atoms with Gasteiger partial charge in [0.25, 0.3) is 0 Å². The van der Waals surface area contributed by atoms with Crippen LogP contribution in [-0.4, -0.2) is 44.1 Å². The van der Waals surface area contributed by atoms with Crippen LogP contribution < -0.4 is 17.1 Å². The number of ether oxygens (including phenoxy) is 1. The SMILES string of the molecule is Cc1cccc(CN(C)C)c1OC(=O)N(C)C.[Cl-].[H+]. The fraction of sp³-hybridized carbons (Fsp3) is 0.462. The van der Waals surface area contributed by atoms with Crippen LogP contribution in [0.25, 0.3) is 0 Å². The molecule has 0 aliphatic rings. The largest absolute Gasteiger partial charge is 1.00 e. The first-order chi connectivity index (χ1) is 7.91. The summed E-state index contributed by atoms with van der Waals surface area (Å²) in [6, 6.07) is 5.89. The zero-order valence-corrected chi connectivity index (χ0v) is 12.3. The fourth-order valence-corrected chi connectivity index (χ4v) is 1.50. The molecule has 1 aromatic rings. The van der Waals surface area contributed by atoms with Crippen molar-refractivity contribution in [2.75, 3.05) is 28.2 Å². The van der Waals surface area contributed by atoms with Crippen molar-refractivity contribution in [2.45, 2.75) is 13.5 Å². The number of rotatable bonds is 3. The first kappa shape index (κ1) is 16.7. The van der Waals surface area contributed by atoms with Crippen LogP contribution in [0, 0.1) is 6.92 Å². The standard InChI is InChI=1S/C13H20N2O2.ClH/c1-10-7-6-8-11(9-14(2)3)12(10)17-13(16)15(4)5;/h6-8H,9H2,1-5H3;1H. The summed E-state index contributed by atoms with van der Waals surface area (Å²) in [5, 5.41) is 0. The second-order valence-corrected chi connectivity index (χ2v) is 4.56. The fourth-order valence-electron chi connectivity index (χ4n) is 1.50. The van der Waals surface area contributed by atoms with E-state index in [2.05, 4.69) is 0 Å². The number of nitrogens with zero attached hydrogens (tertiary/aromatic N) is 2. The maximum atomic E-state index is 11.6. The molecule has 0 unspecified atom stereocenters. The van der Waals surface area contributed by atoms with Crippen LogP contribution in [0.15, 0.2) is 18.2 Å². The van der Waals surface area contributed by atoms with E-state index in [0.717, 1.165) is 17.7 Å². The molecule has 1 rings (SSSR count). The van der Waals surface area contributed by atoms with Crippen molar-refractivity contribution in [2.24, 2.45) is 0 Å². The average Bonchev–Trinajstić information content (AvgIpc) is 2.22. The first-order valence-electron chi connectivity index (χ1n) is 5.54. The van der Waals surface area contributed by atoms with Crippen LogP contribution in [-0.2, 0) is 6.54 Å². The zero-order valence-electron chi connectivity index (χ0n) is 12.5. The highest BCUT2D eigenvalue weighted by molar-refractivity contribution is 5.71. The molecule has 0 saturated heterocycles. The van der Waals surface area contributed by atoms with Gasteiger partial charge in [0.2, 0.25) is 0 Å². The van der Waals surface area contributed by atoms with E-state index < -0.39 is 0 Å².